The number of carboxylic acid groups (broad SMARTS) is 1. The van der Waals surface area contributed by atoms with Crippen LogP contribution in [0, 0.1) is 13.8 Å². The number of piperidine rings is 1. The molecule has 1 unspecified atom stereocenters. The van der Waals surface area contributed by atoms with E-state index in [1.807, 2.05) is 6.07 Å². The lowest BCUT2D eigenvalue weighted by Crippen LogP contribution is -2.53. The normalized spacial score (nSPS) is 22.6. The second-order valence-electron chi connectivity index (χ2n) is 12.9. The van der Waals surface area contributed by atoms with Crippen molar-refractivity contribution in [1.82, 2.24) is 19.4 Å². The van der Waals surface area contributed by atoms with Gasteiger partial charge in [0, 0.05) is 50.9 Å². The second-order valence-corrected chi connectivity index (χ2v) is 14.2. The molecular weight excluding hydrogens is 669 g/mol. The molecule has 0 saturated carbocycles. The third kappa shape index (κ3) is 6.33. The molecule has 9 nitrogen and oxygen atoms in total. The average molecular weight is 703 g/mol. The topological polar surface area (TPSA) is 107 Å². The van der Waals surface area contributed by atoms with E-state index in [0.29, 0.717) is 69.3 Å². The molecule has 2 aliphatic heterocycles. The van der Waals surface area contributed by atoms with Crippen LogP contribution in [0.5, 0.6) is 5.75 Å². The minimum atomic E-state index is -4.63. The highest BCUT2D eigenvalue weighted by Gasteiger charge is 2.47. The molecule has 1 aromatic carbocycles. The summed E-state index contributed by atoms with van der Waals surface area (Å²) in [5.74, 6) is 0.0707. The maximum atomic E-state index is 13.9. The molecule has 2 fully saturated rings. The first-order chi connectivity index (χ1) is 22.9. The summed E-state index contributed by atoms with van der Waals surface area (Å²) in [4.78, 5) is 37.3. The van der Waals surface area contributed by atoms with Gasteiger partial charge in [-0.25, -0.2) is 9.78 Å². The summed E-state index contributed by atoms with van der Waals surface area (Å²) < 4.78 is 51.8. The molecule has 0 amide bonds. The van der Waals surface area contributed by atoms with Gasteiger partial charge in [0.05, 0.1) is 34.1 Å². The number of hydrogen-bond donors (Lipinski definition) is 1. The van der Waals surface area contributed by atoms with E-state index in [2.05, 4.69) is 14.6 Å². The van der Waals surface area contributed by atoms with Crippen molar-refractivity contribution in [3.63, 3.8) is 0 Å². The molecule has 48 heavy (non-hydrogen) atoms. The molecule has 1 N–H and O–H groups in total. The van der Waals surface area contributed by atoms with Crippen molar-refractivity contribution in [3.8, 4) is 16.9 Å². The molecule has 14 heteroatoms. The highest BCUT2D eigenvalue weighted by atomic mass is 35.5. The van der Waals surface area contributed by atoms with E-state index >= 15 is 0 Å². The Morgan fingerprint density at radius 1 is 1.08 bits per heavy atom. The molecule has 3 aromatic heterocycles. The number of carbonyl (C=O) groups is 1. The number of benzene rings is 1. The largest absolute Gasteiger partial charge is 0.522 e. The summed E-state index contributed by atoms with van der Waals surface area (Å²) in [5.41, 5.74) is 3.97. The number of aromatic nitrogens is 3. The number of alkyl halides is 3. The number of rotatable bonds is 8. The molecule has 0 radical (unpaired) electrons. The maximum absolute atomic E-state index is 13.9. The quantitative estimate of drug-likeness (QED) is 0.210. The number of fused-ring (bicyclic) bond motifs is 4. The van der Waals surface area contributed by atoms with Crippen molar-refractivity contribution in [2.24, 2.45) is 0 Å². The number of pyridine rings is 1. The van der Waals surface area contributed by atoms with Gasteiger partial charge in [0.25, 0.3) is 5.56 Å². The minimum Gasteiger partial charge on any atom is -0.491 e. The van der Waals surface area contributed by atoms with Gasteiger partial charge in [0.2, 0.25) is 0 Å². The first-order valence-corrected chi connectivity index (χ1v) is 17.3. The van der Waals surface area contributed by atoms with E-state index in [9.17, 15) is 27.9 Å². The predicted octanol–water partition coefficient (Wildman–Crippen LogP) is 6.96. The Labute approximate surface area is 283 Å². The molecule has 2 saturated heterocycles. The van der Waals surface area contributed by atoms with Crippen LogP contribution in [-0.2, 0) is 24.1 Å². The lowest BCUT2D eigenvalue weighted by Gasteiger charge is -2.44. The van der Waals surface area contributed by atoms with Crippen LogP contribution in [0.3, 0.4) is 0 Å². The van der Waals surface area contributed by atoms with E-state index < -0.39 is 18.4 Å². The Balaban J connectivity index is 1.09. The fourth-order valence-electron chi connectivity index (χ4n) is 7.95. The van der Waals surface area contributed by atoms with Crippen LogP contribution in [0.15, 0.2) is 34.4 Å². The van der Waals surface area contributed by atoms with Crippen LogP contribution in [-0.4, -0.2) is 67.7 Å². The Morgan fingerprint density at radius 3 is 2.54 bits per heavy atom. The fraction of sp³-hybridized carbons (Fsp3) is 0.471. The van der Waals surface area contributed by atoms with Crippen molar-refractivity contribution in [3.05, 3.63) is 73.4 Å². The predicted molar refractivity (Wildman–Crippen MR) is 175 cm³/mol. The van der Waals surface area contributed by atoms with E-state index in [1.165, 1.54) is 11.3 Å². The van der Waals surface area contributed by atoms with Gasteiger partial charge in [-0.2, -0.15) is 0 Å². The van der Waals surface area contributed by atoms with E-state index in [0.717, 1.165) is 30.5 Å². The van der Waals surface area contributed by atoms with Crippen LogP contribution >= 0.6 is 22.9 Å². The van der Waals surface area contributed by atoms with Crippen molar-refractivity contribution in [2.45, 2.75) is 95.9 Å². The molecule has 2 bridgehead atoms. The minimum absolute atomic E-state index is 0.0144. The zero-order valence-electron chi connectivity index (χ0n) is 26.3. The first kappa shape index (κ1) is 33.0. The number of aryl methyl sites for hydroxylation is 3. The maximum Gasteiger partial charge on any atom is 0.522 e. The van der Waals surface area contributed by atoms with Gasteiger partial charge in [-0.1, -0.05) is 11.6 Å². The summed E-state index contributed by atoms with van der Waals surface area (Å²) in [7, 11) is 0. The zero-order valence-corrected chi connectivity index (χ0v) is 27.9. The van der Waals surface area contributed by atoms with Gasteiger partial charge in [-0.15, -0.1) is 24.5 Å². The van der Waals surface area contributed by atoms with Gasteiger partial charge in [0.15, 0.2) is 0 Å². The number of ether oxygens (including phenoxy) is 2. The van der Waals surface area contributed by atoms with Crippen molar-refractivity contribution >= 4 is 39.1 Å². The standard InChI is InChI=1S/C34H34ClF3N4O5S/c1-17-11-25(31-30(39-17)27(16-48-31)33(44)45)24-12-19(35)3-8-29(24)46-10-9-41-18(2)40-28-7-6-22(15-26(28)32(41)43)42-20-4-5-21(42)14-23(13-20)47-34(36,37)38/h3,8,11-12,16,20-23H,4-7,9-10,13-15H2,1-2H3,(H,44,45)/t20-,21+,22-,23?/m0/s1. The average Bonchev–Trinajstić information content (AvgIpc) is 3.56. The van der Waals surface area contributed by atoms with E-state index in [1.54, 1.807) is 42.0 Å². The number of nitrogens with zero attached hydrogens (tertiary/aromatic N) is 4. The molecule has 7 rings (SSSR count). The molecule has 1 aliphatic carbocycles. The van der Waals surface area contributed by atoms with Crippen molar-refractivity contribution in [1.29, 1.82) is 0 Å². The Morgan fingerprint density at radius 2 is 1.83 bits per heavy atom. The third-order valence-corrected chi connectivity index (χ3v) is 11.1. The summed E-state index contributed by atoms with van der Waals surface area (Å²) in [6.45, 7) is 4.01. The number of aromatic carboxylic acids is 1. The number of thiophene rings is 1. The van der Waals surface area contributed by atoms with Gasteiger partial charge >= 0.3 is 12.3 Å². The van der Waals surface area contributed by atoms with E-state index in [4.69, 9.17) is 21.3 Å². The molecular formula is C34H34ClF3N4O5S. The van der Waals surface area contributed by atoms with E-state index in [-0.39, 0.29) is 42.4 Å². The zero-order chi connectivity index (χ0) is 33.9. The first-order valence-electron chi connectivity index (χ1n) is 16.0. The van der Waals surface area contributed by atoms with Crippen LogP contribution < -0.4 is 10.3 Å². The number of carboxylic acids is 1. The van der Waals surface area contributed by atoms with Gasteiger partial charge < -0.3 is 9.84 Å². The SMILES string of the molecule is Cc1cc(-c2cc(Cl)ccc2OCCn2c(C)nc3c(c2=O)C[C@@H](N2[C@@H]4CC[C@H]2CC(OC(F)(F)F)C4)CC3)c2scc(C(=O)O)c2n1. The molecule has 4 atom stereocenters. The van der Waals surface area contributed by atoms with Crippen LogP contribution in [0.4, 0.5) is 13.2 Å². The highest BCUT2D eigenvalue weighted by molar-refractivity contribution is 7.18. The highest BCUT2D eigenvalue weighted by Crippen LogP contribution is 2.43. The number of hydrogen-bond acceptors (Lipinski definition) is 8. The summed E-state index contributed by atoms with van der Waals surface area (Å²) >= 11 is 7.69. The number of halogens is 4. The lowest BCUT2D eigenvalue weighted by atomic mass is 9.87. The smallest absolute Gasteiger partial charge is 0.491 e. The Hall–Kier alpha value is -3.52. The summed E-state index contributed by atoms with van der Waals surface area (Å²) in [6.07, 6.45) is -1.13. The fourth-order valence-corrected chi connectivity index (χ4v) is 9.13. The van der Waals surface area contributed by atoms with Gasteiger partial charge in [-0.3, -0.25) is 24.0 Å². The van der Waals surface area contributed by atoms with Crippen LogP contribution in [0.25, 0.3) is 21.3 Å². The Bertz CT molecular complexity index is 1950. The third-order valence-electron chi connectivity index (χ3n) is 9.85. The lowest BCUT2D eigenvalue weighted by molar-refractivity contribution is -0.347. The monoisotopic (exact) mass is 702 g/mol. The molecule has 5 heterocycles. The summed E-state index contributed by atoms with van der Waals surface area (Å²) in [6, 6.07) is 7.22. The molecule has 3 aliphatic rings. The van der Waals surface area contributed by atoms with Gasteiger partial charge in [0.1, 0.15) is 18.2 Å². The van der Waals surface area contributed by atoms with Crippen LogP contribution in [0.1, 0.15) is 65.2 Å². The molecule has 254 valence electrons. The second kappa shape index (κ2) is 12.7. The summed E-state index contributed by atoms with van der Waals surface area (Å²) in [5, 5.41) is 11.7. The van der Waals surface area contributed by atoms with Gasteiger partial charge in [-0.05, 0) is 83.1 Å². The van der Waals surface area contributed by atoms with Crippen molar-refractivity contribution < 1.29 is 32.5 Å². The Kier molecular flexibility index (Phi) is 8.76. The molecule has 4 aromatic rings. The molecule has 0 spiro atoms. The van der Waals surface area contributed by atoms with Crippen molar-refractivity contribution in [2.75, 3.05) is 6.61 Å². The van der Waals surface area contributed by atoms with Crippen LogP contribution in [0.2, 0.25) is 5.02 Å².